The maximum Gasteiger partial charge on any atom is 0.146 e. The zero-order valence-corrected chi connectivity index (χ0v) is 14.2. The summed E-state index contributed by atoms with van der Waals surface area (Å²) in [5.74, 6) is 1.62. The van der Waals surface area contributed by atoms with Crippen LogP contribution in [0, 0.1) is 11.7 Å². The molecule has 2 rings (SSSR count). The van der Waals surface area contributed by atoms with Crippen molar-refractivity contribution < 1.29 is 4.39 Å². The van der Waals surface area contributed by atoms with Gasteiger partial charge in [0.25, 0.3) is 0 Å². The van der Waals surface area contributed by atoms with E-state index in [2.05, 4.69) is 37.1 Å². The lowest BCUT2D eigenvalue weighted by molar-refractivity contribution is 0.548. The van der Waals surface area contributed by atoms with Crippen molar-refractivity contribution in [2.45, 2.75) is 39.0 Å². The van der Waals surface area contributed by atoms with Crippen LogP contribution < -0.4 is 10.2 Å². The summed E-state index contributed by atoms with van der Waals surface area (Å²) in [7, 11) is 0. The molecule has 4 heteroatoms. The fraction of sp³-hybridized carbons (Fsp3) is 0.647. The summed E-state index contributed by atoms with van der Waals surface area (Å²) in [5, 5.41) is 4.05. The molecular weight excluding hydrogens is 283 g/mol. The lowest BCUT2D eigenvalue weighted by atomic mass is 10.1. The number of benzene rings is 1. The summed E-state index contributed by atoms with van der Waals surface area (Å²) < 4.78 is 14.4. The summed E-state index contributed by atoms with van der Waals surface area (Å²) in [4.78, 5) is 2.24. The van der Waals surface area contributed by atoms with Crippen LogP contribution in [0.2, 0.25) is 0 Å². The number of hydrogen-bond acceptors (Lipinski definition) is 3. The zero-order valence-electron chi connectivity index (χ0n) is 13.4. The fourth-order valence-electron chi connectivity index (χ4n) is 2.72. The third kappa shape index (κ3) is 4.62. The van der Waals surface area contributed by atoms with E-state index in [-0.39, 0.29) is 5.82 Å². The maximum atomic E-state index is 14.4. The first-order valence-corrected chi connectivity index (χ1v) is 9.01. The Morgan fingerprint density at radius 2 is 2.24 bits per heavy atom. The van der Waals surface area contributed by atoms with Gasteiger partial charge in [0.15, 0.2) is 0 Å². The number of halogens is 1. The topological polar surface area (TPSA) is 15.3 Å². The van der Waals surface area contributed by atoms with Crippen LogP contribution in [0.1, 0.15) is 32.8 Å². The number of thioether (sulfide) groups is 1. The van der Waals surface area contributed by atoms with E-state index in [0.717, 1.165) is 49.6 Å². The van der Waals surface area contributed by atoms with Gasteiger partial charge in [0.1, 0.15) is 5.82 Å². The van der Waals surface area contributed by atoms with Crippen LogP contribution in [0.4, 0.5) is 10.1 Å². The molecule has 0 amide bonds. The van der Waals surface area contributed by atoms with Gasteiger partial charge in [-0.25, -0.2) is 4.39 Å². The minimum atomic E-state index is -0.0828. The van der Waals surface area contributed by atoms with Crippen LogP contribution in [-0.2, 0) is 6.54 Å². The predicted molar refractivity (Wildman–Crippen MR) is 91.7 cm³/mol. The highest BCUT2D eigenvalue weighted by molar-refractivity contribution is 8.00. The molecule has 0 radical (unpaired) electrons. The first-order chi connectivity index (χ1) is 10.1. The molecule has 0 spiro atoms. The second kappa shape index (κ2) is 8.04. The third-order valence-corrected chi connectivity index (χ3v) is 5.22. The average Bonchev–Trinajstić information content (AvgIpc) is 2.47. The molecule has 1 saturated heterocycles. The van der Waals surface area contributed by atoms with Gasteiger partial charge in [0.2, 0.25) is 0 Å². The molecule has 2 nitrogen and oxygen atoms in total. The minimum absolute atomic E-state index is 0.0828. The molecule has 1 aliphatic rings. The molecular formula is C17H27FN2S. The van der Waals surface area contributed by atoms with E-state index < -0.39 is 0 Å². The highest BCUT2D eigenvalue weighted by atomic mass is 32.2. The lowest BCUT2D eigenvalue weighted by Crippen LogP contribution is -2.39. The molecule has 0 aromatic heterocycles. The maximum absolute atomic E-state index is 14.4. The van der Waals surface area contributed by atoms with Gasteiger partial charge in [0, 0.05) is 30.6 Å². The van der Waals surface area contributed by atoms with Crippen LogP contribution in [0.15, 0.2) is 18.2 Å². The monoisotopic (exact) mass is 310 g/mol. The van der Waals surface area contributed by atoms with E-state index in [9.17, 15) is 4.39 Å². The second-order valence-electron chi connectivity index (χ2n) is 6.12. The largest absolute Gasteiger partial charge is 0.367 e. The highest BCUT2D eigenvalue weighted by Gasteiger charge is 2.23. The Labute approximate surface area is 132 Å². The number of nitrogens with zero attached hydrogens (tertiary/aromatic N) is 1. The first-order valence-electron chi connectivity index (χ1n) is 7.96. The van der Waals surface area contributed by atoms with Crippen molar-refractivity contribution in [2.24, 2.45) is 5.92 Å². The van der Waals surface area contributed by atoms with E-state index in [1.807, 2.05) is 17.8 Å². The van der Waals surface area contributed by atoms with E-state index in [0.29, 0.717) is 11.2 Å². The molecule has 1 heterocycles. The Balaban J connectivity index is 2.13. The zero-order chi connectivity index (χ0) is 15.2. The Hall–Kier alpha value is -0.740. The van der Waals surface area contributed by atoms with E-state index in [4.69, 9.17) is 0 Å². The SMILES string of the molecule is CCC1CN(c2c(F)cccc2CNCC(C)C)CCS1. The number of rotatable bonds is 6. The van der Waals surface area contributed by atoms with Gasteiger partial charge in [0.05, 0.1) is 5.69 Å². The number of anilines is 1. The summed E-state index contributed by atoms with van der Waals surface area (Å²) in [5.41, 5.74) is 1.89. The van der Waals surface area contributed by atoms with Crippen LogP contribution in [-0.4, -0.2) is 30.6 Å². The Kier molecular flexibility index (Phi) is 6.37. The Morgan fingerprint density at radius 1 is 1.43 bits per heavy atom. The van der Waals surface area contributed by atoms with Crippen molar-refractivity contribution in [2.75, 3.05) is 30.3 Å². The van der Waals surface area contributed by atoms with Gasteiger partial charge in [-0.1, -0.05) is 32.9 Å². The van der Waals surface area contributed by atoms with Crippen LogP contribution in [0.3, 0.4) is 0 Å². The molecule has 21 heavy (non-hydrogen) atoms. The summed E-state index contributed by atoms with van der Waals surface area (Å²) in [6, 6.07) is 5.46. The van der Waals surface area contributed by atoms with E-state index in [1.54, 1.807) is 6.07 Å². The molecule has 0 aliphatic carbocycles. The van der Waals surface area contributed by atoms with Gasteiger partial charge < -0.3 is 10.2 Å². The van der Waals surface area contributed by atoms with Crippen LogP contribution in [0.5, 0.6) is 0 Å². The number of para-hydroxylation sites is 1. The quantitative estimate of drug-likeness (QED) is 0.858. The molecule has 1 N–H and O–H groups in total. The minimum Gasteiger partial charge on any atom is -0.367 e. The smallest absolute Gasteiger partial charge is 0.146 e. The third-order valence-electron chi connectivity index (χ3n) is 3.85. The van der Waals surface area contributed by atoms with Crippen LogP contribution in [0.25, 0.3) is 0 Å². The summed E-state index contributed by atoms with van der Waals surface area (Å²) >= 11 is 2.02. The van der Waals surface area contributed by atoms with E-state index in [1.165, 1.54) is 0 Å². The molecule has 1 aliphatic heterocycles. The number of nitrogens with one attached hydrogen (secondary N) is 1. The first kappa shape index (κ1) is 16.6. The molecule has 1 atom stereocenters. The normalized spacial score (nSPS) is 19.3. The van der Waals surface area contributed by atoms with Gasteiger partial charge in [-0.3, -0.25) is 0 Å². The summed E-state index contributed by atoms with van der Waals surface area (Å²) in [6.45, 7) is 10.2. The molecule has 0 saturated carbocycles. The number of hydrogen-bond donors (Lipinski definition) is 1. The van der Waals surface area contributed by atoms with Crippen molar-refractivity contribution in [3.63, 3.8) is 0 Å². The van der Waals surface area contributed by atoms with Crippen LogP contribution >= 0.6 is 11.8 Å². The van der Waals surface area contributed by atoms with Crippen molar-refractivity contribution >= 4 is 17.4 Å². The van der Waals surface area contributed by atoms with Crippen molar-refractivity contribution in [3.05, 3.63) is 29.6 Å². The summed E-state index contributed by atoms with van der Waals surface area (Å²) in [6.07, 6.45) is 1.15. The standard InChI is InChI=1S/C17H27FN2S/c1-4-15-12-20(8-9-21-15)17-14(6-5-7-16(17)18)11-19-10-13(2)3/h5-7,13,15,19H,4,8-12H2,1-3H3. The molecule has 118 valence electrons. The van der Waals surface area contributed by atoms with E-state index >= 15 is 0 Å². The average molecular weight is 310 g/mol. The van der Waals surface area contributed by atoms with Crippen molar-refractivity contribution in [3.8, 4) is 0 Å². The highest BCUT2D eigenvalue weighted by Crippen LogP contribution is 2.30. The lowest BCUT2D eigenvalue weighted by Gasteiger charge is -2.35. The van der Waals surface area contributed by atoms with Gasteiger partial charge >= 0.3 is 0 Å². The molecule has 1 fully saturated rings. The van der Waals surface area contributed by atoms with Crippen molar-refractivity contribution in [1.29, 1.82) is 0 Å². The molecule has 1 aromatic rings. The molecule has 1 unspecified atom stereocenters. The van der Waals surface area contributed by atoms with Gasteiger partial charge in [-0.05, 0) is 30.5 Å². The molecule has 1 aromatic carbocycles. The van der Waals surface area contributed by atoms with Crippen molar-refractivity contribution in [1.82, 2.24) is 5.32 Å². The Morgan fingerprint density at radius 3 is 2.95 bits per heavy atom. The van der Waals surface area contributed by atoms with Gasteiger partial charge in [-0.15, -0.1) is 0 Å². The van der Waals surface area contributed by atoms with Gasteiger partial charge in [-0.2, -0.15) is 11.8 Å². The Bertz CT molecular complexity index is 450. The molecule has 0 bridgehead atoms. The fourth-order valence-corrected chi connectivity index (χ4v) is 3.90. The predicted octanol–water partition coefficient (Wildman–Crippen LogP) is 3.90. The second-order valence-corrected chi connectivity index (χ2v) is 7.53.